The highest BCUT2D eigenvalue weighted by molar-refractivity contribution is 7.13. The van der Waals surface area contributed by atoms with Gasteiger partial charge in [-0.2, -0.15) is 0 Å². The second-order valence-electron chi connectivity index (χ2n) is 5.08. The Kier molecular flexibility index (Phi) is 4.39. The zero-order chi connectivity index (χ0) is 16.2. The number of aryl methyl sites for hydroxylation is 1. The van der Waals surface area contributed by atoms with Gasteiger partial charge in [0, 0.05) is 22.7 Å². The normalized spacial score (nSPS) is 10.3. The van der Waals surface area contributed by atoms with Gasteiger partial charge in [-0.25, -0.2) is 4.98 Å². The lowest BCUT2D eigenvalue weighted by Gasteiger charge is -2.11. The van der Waals surface area contributed by atoms with Crippen LogP contribution in [0.1, 0.15) is 15.9 Å². The number of hydrogen-bond donors (Lipinski definition) is 1. The maximum absolute atomic E-state index is 12.5. The zero-order valence-corrected chi connectivity index (χ0v) is 13.7. The molecule has 1 N–H and O–H groups in total. The molecule has 0 aliphatic heterocycles. The molecule has 5 heteroatoms. The van der Waals surface area contributed by atoms with E-state index in [1.54, 1.807) is 30.7 Å². The number of hydrogen-bond acceptors (Lipinski definition) is 4. The molecule has 0 saturated carbocycles. The van der Waals surface area contributed by atoms with Gasteiger partial charge in [-0.05, 0) is 36.8 Å². The minimum atomic E-state index is -0.174. The van der Waals surface area contributed by atoms with Crippen molar-refractivity contribution in [3.8, 4) is 16.3 Å². The number of nitrogens with zero attached hydrogens (tertiary/aromatic N) is 1. The fourth-order valence-electron chi connectivity index (χ4n) is 2.27. The third-order valence-electron chi connectivity index (χ3n) is 3.41. The van der Waals surface area contributed by atoms with E-state index in [9.17, 15) is 4.79 Å². The number of nitrogens with one attached hydrogen (secondary N) is 1. The molecule has 2 aromatic carbocycles. The Morgan fingerprint density at radius 2 is 2.09 bits per heavy atom. The number of methoxy groups -OCH3 is 1. The van der Waals surface area contributed by atoms with Gasteiger partial charge < -0.3 is 10.1 Å². The van der Waals surface area contributed by atoms with E-state index in [0.717, 1.165) is 16.1 Å². The van der Waals surface area contributed by atoms with Crippen molar-refractivity contribution in [2.24, 2.45) is 0 Å². The highest BCUT2D eigenvalue weighted by atomic mass is 32.1. The standard InChI is InChI=1S/C18H16N2O2S/c1-12-6-7-16(22-2)15(10-12)20-17(21)13-4-3-5-14(11-13)18-19-8-9-23-18/h3-11H,1-2H3,(H,20,21). The van der Waals surface area contributed by atoms with Crippen LogP contribution < -0.4 is 10.1 Å². The maximum atomic E-state index is 12.5. The Morgan fingerprint density at radius 3 is 2.83 bits per heavy atom. The van der Waals surface area contributed by atoms with E-state index < -0.39 is 0 Å². The van der Waals surface area contributed by atoms with Crippen molar-refractivity contribution in [3.05, 3.63) is 65.2 Å². The molecule has 0 bridgehead atoms. The van der Waals surface area contributed by atoms with Crippen LogP contribution in [0.3, 0.4) is 0 Å². The lowest BCUT2D eigenvalue weighted by Crippen LogP contribution is -2.12. The monoisotopic (exact) mass is 324 g/mol. The first-order chi connectivity index (χ1) is 11.2. The summed E-state index contributed by atoms with van der Waals surface area (Å²) in [7, 11) is 1.59. The first-order valence-electron chi connectivity index (χ1n) is 7.13. The fraction of sp³-hybridized carbons (Fsp3) is 0.111. The summed E-state index contributed by atoms with van der Waals surface area (Å²) in [5, 5.41) is 5.72. The van der Waals surface area contributed by atoms with Gasteiger partial charge >= 0.3 is 0 Å². The van der Waals surface area contributed by atoms with Crippen molar-refractivity contribution in [2.45, 2.75) is 6.92 Å². The quantitative estimate of drug-likeness (QED) is 0.775. The van der Waals surface area contributed by atoms with Gasteiger partial charge in [-0.3, -0.25) is 4.79 Å². The predicted molar refractivity (Wildman–Crippen MR) is 93.2 cm³/mol. The number of amides is 1. The van der Waals surface area contributed by atoms with Crippen molar-refractivity contribution in [3.63, 3.8) is 0 Å². The van der Waals surface area contributed by atoms with E-state index in [-0.39, 0.29) is 5.91 Å². The molecule has 0 fully saturated rings. The number of anilines is 1. The molecular formula is C18H16N2O2S. The van der Waals surface area contributed by atoms with Crippen molar-refractivity contribution in [1.82, 2.24) is 4.98 Å². The van der Waals surface area contributed by atoms with Crippen LogP contribution in [0.15, 0.2) is 54.0 Å². The van der Waals surface area contributed by atoms with Crippen LogP contribution in [-0.4, -0.2) is 18.0 Å². The molecular weight excluding hydrogens is 308 g/mol. The molecule has 3 aromatic rings. The van der Waals surface area contributed by atoms with E-state index in [1.807, 2.05) is 48.7 Å². The minimum absolute atomic E-state index is 0.174. The van der Waals surface area contributed by atoms with Crippen molar-refractivity contribution >= 4 is 22.9 Å². The van der Waals surface area contributed by atoms with E-state index in [4.69, 9.17) is 4.74 Å². The summed E-state index contributed by atoms with van der Waals surface area (Å²) in [6, 6.07) is 13.1. The highest BCUT2D eigenvalue weighted by Gasteiger charge is 2.11. The number of thiazole rings is 1. The SMILES string of the molecule is COc1ccc(C)cc1NC(=O)c1cccc(-c2nccs2)c1. The average Bonchev–Trinajstić information content (AvgIpc) is 3.10. The molecule has 3 rings (SSSR count). The number of rotatable bonds is 4. The van der Waals surface area contributed by atoms with Gasteiger partial charge in [0.1, 0.15) is 10.8 Å². The van der Waals surface area contributed by atoms with E-state index >= 15 is 0 Å². The zero-order valence-electron chi connectivity index (χ0n) is 12.9. The van der Waals surface area contributed by atoms with Crippen molar-refractivity contribution in [1.29, 1.82) is 0 Å². The Morgan fingerprint density at radius 1 is 1.22 bits per heavy atom. The molecule has 0 atom stereocenters. The molecule has 0 saturated heterocycles. The largest absolute Gasteiger partial charge is 0.495 e. The third-order valence-corrected chi connectivity index (χ3v) is 4.23. The molecule has 0 unspecified atom stereocenters. The summed E-state index contributed by atoms with van der Waals surface area (Å²) in [6.07, 6.45) is 1.75. The Bertz CT molecular complexity index is 829. The highest BCUT2D eigenvalue weighted by Crippen LogP contribution is 2.27. The summed E-state index contributed by atoms with van der Waals surface area (Å²) in [6.45, 7) is 1.97. The molecule has 116 valence electrons. The van der Waals surface area contributed by atoms with E-state index in [0.29, 0.717) is 17.0 Å². The summed E-state index contributed by atoms with van der Waals surface area (Å²) >= 11 is 1.55. The molecule has 1 amide bonds. The summed E-state index contributed by atoms with van der Waals surface area (Å²) in [5.74, 6) is 0.465. The lowest BCUT2D eigenvalue weighted by atomic mass is 10.1. The van der Waals surface area contributed by atoms with Gasteiger partial charge in [0.2, 0.25) is 0 Å². The molecule has 1 heterocycles. The number of benzene rings is 2. The van der Waals surface area contributed by atoms with Gasteiger partial charge in [0.25, 0.3) is 5.91 Å². The van der Waals surface area contributed by atoms with Crippen LogP contribution in [0.5, 0.6) is 5.75 Å². The second kappa shape index (κ2) is 6.62. The van der Waals surface area contributed by atoms with Gasteiger partial charge in [0.05, 0.1) is 12.8 Å². The molecule has 0 spiro atoms. The predicted octanol–water partition coefficient (Wildman–Crippen LogP) is 4.38. The average molecular weight is 324 g/mol. The van der Waals surface area contributed by atoms with Crippen LogP contribution in [0.4, 0.5) is 5.69 Å². The Labute approximate surface area is 138 Å². The molecule has 4 nitrogen and oxygen atoms in total. The summed E-state index contributed by atoms with van der Waals surface area (Å²) in [4.78, 5) is 16.8. The first kappa shape index (κ1) is 15.2. The summed E-state index contributed by atoms with van der Waals surface area (Å²) in [5.41, 5.74) is 3.24. The maximum Gasteiger partial charge on any atom is 0.255 e. The van der Waals surface area contributed by atoms with E-state index in [1.165, 1.54) is 0 Å². The molecule has 23 heavy (non-hydrogen) atoms. The second-order valence-corrected chi connectivity index (χ2v) is 5.97. The minimum Gasteiger partial charge on any atom is -0.495 e. The number of ether oxygens (including phenoxy) is 1. The summed E-state index contributed by atoms with van der Waals surface area (Å²) < 4.78 is 5.30. The smallest absolute Gasteiger partial charge is 0.255 e. The van der Waals surface area contributed by atoms with Crippen molar-refractivity contribution in [2.75, 3.05) is 12.4 Å². The molecule has 0 aliphatic carbocycles. The molecule has 1 aromatic heterocycles. The van der Waals surface area contributed by atoms with E-state index in [2.05, 4.69) is 10.3 Å². The first-order valence-corrected chi connectivity index (χ1v) is 8.01. The van der Waals surface area contributed by atoms with Gasteiger partial charge in [-0.1, -0.05) is 18.2 Å². The third kappa shape index (κ3) is 3.40. The van der Waals surface area contributed by atoms with Gasteiger partial charge in [-0.15, -0.1) is 11.3 Å². The fourth-order valence-corrected chi connectivity index (χ4v) is 2.91. The van der Waals surface area contributed by atoms with Crippen LogP contribution in [-0.2, 0) is 0 Å². The Hall–Kier alpha value is -2.66. The van der Waals surface area contributed by atoms with Gasteiger partial charge in [0.15, 0.2) is 0 Å². The number of carbonyl (C=O) groups is 1. The van der Waals surface area contributed by atoms with Crippen LogP contribution in [0.2, 0.25) is 0 Å². The van der Waals surface area contributed by atoms with Crippen LogP contribution >= 0.6 is 11.3 Å². The lowest BCUT2D eigenvalue weighted by molar-refractivity contribution is 0.102. The number of carbonyl (C=O) groups excluding carboxylic acids is 1. The van der Waals surface area contributed by atoms with Crippen LogP contribution in [0, 0.1) is 6.92 Å². The van der Waals surface area contributed by atoms with Crippen molar-refractivity contribution < 1.29 is 9.53 Å². The van der Waals surface area contributed by atoms with Crippen LogP contribution in [0.25, 0.3) is 10.6 Å². The topological polar surface area (TPSA) is 51.2 Å². The molecule has 0 aliphatic rings. The Balaban J connectivity index is 1.87. The number of aromatic nitrogens is 1. The molecule has 0 radical (unpaired) electrons.